The number of fused-ring (bicyclic) bond motifs is 7. The van der Waals surface area contributed by atoms with Crippen LogP contribution in [0.4, 0.5) is 17.1 Å². The Balaban J connectivity index is 1.11. The molecule has 4 nitrogen and oxygen atoms in total. The van der Waals surface area contributed by atoms with Crippen molar-refractivity contribution < 1.29 is 4.42 Å². The van der Waals surface area contributed by atoms with E-state index in [1.54, 1.807) is 0 Å². The highest BCUT2D eigenvalue weighted by molar-refractivity contribution is 6.11. The lowest BCUT2D eigenvalue weighted by molar-refractivity contribution is 0.623. The maximum Gasteiger partial charge on any atom is 0.227 e. The Bertz CT molecular complexity index is 3200. The van der Waals surface area contributed by atoms with Crippen LogP contribution in [0.5, 0.6) is 0 Å². The van der Waals surface area contributed by atoms with Crippen LogP contribution in [0, 0.1) is 0 Å². The van der Waals surface area contributed by atoms with Crippen molar-refractivity contribution in [2.24, 2.45) is 0 Å². The van der Waals surface area contributed by atoms with Gasteiger partial charge in [-0.2, -0.15) is 0 Å². The molecule has 2 heterocycles. The number of para-hydroxylation sites is 2. The molecule has 0 amide bonds. The van der Waals surface area contributed by atoms with Crippen LogP contribution in [0.2, 0.25) is 0 Å². The molecule has 4 heteroatoms. The first kappa shape index (κ1) is 31.1. The van der Waals surface area contributed by atoms with E-state index < -0.39 is 0 Å². The minimum absolute atomic E-state index is 0.619. The normalized spacial score (nSPS) is 11.6. The highest BCUT2D eigenvalue weighted by Gasteiger charge is 2.19. The minimum Gasteiger partial charge on any atom is -0.435 e. The highest BCUT2D eigenvalue weighted by Crippen LogP contribution is 2.42. The van der Waals surface area contributed by atoms with Gasteiger partial charge in [-0.15, -0.1) is 0 Å². The molecule has 0 aliphatic rings. The second-order valence-electron chi connectivity index (χ2n) is 14.0. The van der Waals surface area contributed by atoms with Gasteiger partial charge in [0.1, 0.15) is 5.52 Å². The summed E-state index contributed by atoms with van der Waals surface area (Å²) < 4.78 is 8.91. The van der Waals surface area contributed by atoms with Crippen molar-refractivity contribution in [1.82, 2.24) is 9.55 Å². The van der Waals surface area contributed by atoms with E-state index in [1.807, 2.05) is 36.4 Å². The third kappa shape index (κ3) is 5.26. The van der Waals surface area contributed by atoms with Gasteiger partial charge in [-0.25, -0.2) is 4.98 Å². The van der Waals surface area contributed by atoms with Gasteiger partial charge in [-0.05, 0) is 106 Å². The van der Waals surface area contributed by atoms with Crippen molar-refractivity contribution in [1.29, 1.82) is 0 Å². The summed E-state index contributed by atoms with van der Waals surface area (Å²) in [5.41, 5.74) is 11.5. The van der Waals surface area contributed by atoms with Gasteiger partial charge < -0.3 is 13.9 Å². The number of rotatable bonds is 6. The van der Waals surface area contributed by atoms with Crippen LogP contribution < -0.4 is 4.90 Å². The molecule has 0 N–H and O–H groups in total. The SMILES string of the molecule is c1ccc(-c2nc3ccc4ccc(N(c5ccc(-c6ccc7ccccc7c6)cc5)c5ccc6c7ccccc7n(-c7ccccc7)c6c5)cc4c3o2)cc1. The molecule has 0 saturated heterocycles. The fourth-order valence-electron chi connectivity index (χ4n) is 8.11. The zero-order valence-electron chi connectivity index (χ0n) is 29.8. The summed E-state index contributed by atoms with van der Waals surface area (Å²) >= 11 is 0. The van der Waals surface area contributed by atoms with Crippen LogP contribution in [0.3, 0.4) is 0 Å². The van der Waals surface area contributed by atoms with Crippen LogP contribution in [0.1, 0.15) is 0 Å². The van der Waals surface area contributed by atoms with E-state index in [9.17, 15) is 0 Å². The van der Waals surface area contributed by atoms with Gasteiger partial charge in [-0.3, -0.25) is 0 Å². The topological polar surface area (TPSA) is 34.2 Å². The van der Waals surface area contributed by atoms with Gasteiger partial charge in [0.2, 0.25) is 5.89 Å². The van der Waals surface area contributed by atoms with Crippen molar-refractivity contribution in [3.63, 3.8) is 0 Å². The first-order chi connectivity index (χ1) is 27.2. The summed E-state index contributed by atoms with van der Waals surface area (Å²) in [7, 11) is 0. The van der Waals surface area contributed by atoms with Gasteiger partial charge in [0.15, 0.2) is 5.58 Å². The van der Waals surface area contributed by atoms with Crippen LogP contribution >= 0.6 is 0 Å². The number of hydrogen-bond donors (Lipinski definition) is 0. The van der Waals surface area contributed by atoms with E-state index in [2.05, 4.69) is 173 Å². The molecule has 0 bridgehead atoms. The average Bonchev–Trinajstić information content (AvgIpc) is 3.84. The largest absolute Gasteiger partial charge is 0.435 e. The lowest BCUT2D eigenvalue weighted by Crippen LogP contribution is -2.10. The summed E-state index contributed by atoms with van der Waals surface area (Å²) in [5, 5.41) is 7.03. The maximum absolute atomic E-state index is 6.53. The number of aromatic nitrogens is 2. The van der Waals surface area contributed by atoms with Gasteiger partial charge in [0, 0.05) is 44.5 Å². The second-order valence-corrected chi connectivity index (χ2v) is 14.0. The Morgan fingerprint density at radius 2 is 1.04 bits per heavy atom. The standard InChI is InChI=1S/C51H33N3O/c1-3-12-37(13-4-1)51-52-47-30-24-36-23-27-42(32-46(36)50(47)55-51)53(41-25-21-35(22-26-41)39-20-19-34-11-7-8-14-38(34)31-39)43-28-29-45-44-17-9-10-18-48(44)54(49(45)33-43)40-15-5-2-6-16-40/h1-33H. The fraction of sp³-hybridized carbons (Fsp3) is 0. The van der Waals surface area contributed by atoms with Crippen molar-refractivity contribution in [3.05, 3.63) is 200 Å². The molecule has 11 aromatic rings. The summed E-state index contributed by atoms with van der Waals surface area (Å²) in [6, 6.07) is 71.2. The van der Waals surface area contributed by atoms with Crippen LogP contribution in [-0.4, -0.2) is 9.55 Å². The smallest absolute Gasteiger partial charge is 0.227 e. The number of benzene rings is 9. The number of hydrogen-bond acceptors (Lipinski definition) is 3. The Morgan fingerprint density at radius 3 is 1.89 bits per heavy atom. The van der Waals surface area contributed by atoms with Crippen molar-refractivity contribution in [2.45, 2.75) is 0 Å². The Labute approximate surface area is 317 Å². The van der Waals surface area contributed by atoms with E-state index in [4.69, 9.17) is 9.40 Å². The van der Waals surface area contributed by atoms with Gasteiger partial charge in [0.25, 0.3) is 0 Å². The molecule has 0 spiro atoms. The van der Waals surface area contributed by atoms with E-state index in [1.165, 1.54) is 38.2 Å². The maximum atomic E-state index is 6.53. The fourth-order valence-corrected chi connectivity index (χ4v) is 8.11. The zero-order chi connectivity index (χ0) is 36.3. The molecule has 0 fully saturated rings. The first-order valence-electron chi connectivity index (χ1n) is 18.6. The van der Waals surface area contributed by atoms with Crippen LogP contribution in [-0.2, 0) is 0 Å². The first-order valence-corrected chi connectivity index (χ1v) is 18.6. The molecular weight excluding hydrogens is 671 g/mol. The second kappa shape index (κ2) is 12.6. The van der Waals surface area contributed by atoms with E-state index in [0.717, 1.165) is 55.7 Å². The molecular formula is C51H33N3O. The van der Waals surface area contributed by atoms with Crippen molar-refractivity contribution in [3.8, 4) is 28.3 Å². The lowest BCUT2D eigenvalue weighted by atomic mass is 10.0. The molecule has 0 atom stereocenters. The Kier molecular flexibility index (Phi) is 7.14. The lowest BCUT2D eigenvalue weighted by Gasteiger charge is -2.26. The number of anilines is 3. The van der Waals surface area contributed by atoms with E-state index >= 15 is 0 Å². The predicted octanol–water partition coefficient (Wildman–Crippen LogP) is 14.0. The number of nitrogens with zero attached hydrogens (tertiary/aromatic N) is 3. The third-order valence-electron chi connectivity index (χ3n) is 10.8. The molecule has 0 unspecified atom stereocenters. The molecule has 0 aliphatic heterocycles. The van der Waals surface area contributed by atoms with Crippen molar-refractivity contribution in [2.75, 3.05) is 4.90 Å². The van der Waals surface area contributed by atoms with Gasteiger partial charge in [-0.1, -0.05) is 121 Å². The summed E-state index contributed by atoms with van der Waals surface area (Å²) in [6.07, 6.45) is 0. The van der Waals surface area contributed by atoms with E-state index in [-0.39, 0.29) is 0 Å². The van der Waals surface area contributed by atoms with Gasteiger partial charge >= 0.3 is 0 Å². The van der Waals surface area contributed by atoms with Gasteiger partial charge in [0.05, 0.1) is 11.0 Å². The molecule has 0 saturated carbocycles. The average molecular weight is 704 g/mol. The number of oxazole rings is 1. The molecule has 11 rings (SSSR count). The van der Waals surface area contributed by atoms with Crippen molar-refractivity contribution >= 4 is 71.5 Å². The molecule has 0 radical (unpaired) electrons. The highest BCUT2D eigenvalue weighted by atomic mass is 16.3. The molecule has 55 heavy (non-hydrogen) atoms. The molecule has 2 aromatic heterocycles. The van der Waals surface area contributed by atoms with E-state index in [0.29, 0.717) is 5.89 Å². The zero-order valence-corrected chi connectivity index (χ0v) is 29.8. The molecule has 258 valence electrons. The monoisotopic (exact) mass is 703 g/mol. The summed E-state index contributed by atoms with van der Waals surface area (Å²) in [6.45, 7) is 0. The molecule has 0 aliphatic carbocycles. The Morgan fingerprint density at radius 1 is 0.400 bits per heavy atom. The summed E-state index contributed by atoms with van der Waals surface area (Å²) in [4.78, 5) is 7.24. The minimum atomic E-state index is 0.619. The predicted molar refractivity (Wildman–Crippen MR) is 229 cm³/mol. The molecule has 9 aromatic carbocycles. The summed E-state index contributed by atoms with van der Waals surface area (Å²) in [5.74, 6) is 0.619. The van der Waals surface area contributed by atoms with Crippen LogP contribution in [0.15, 0.2) is 205 Å². The van der Waals surface area contributed by atoms with Crippen LogP contribution in [0.25, 0.3) is 82.7 Å². The quantitative estimate of drug-likeness (QED) is 0.173. The Hall–Kier alpha value is -7.43. The third-order valence-corrected chi connectivity index (χ3v) is 10.8.